The lowest BCUT2D eigenvalue weighted by atomic mass is 9.89. The molecule has 4 heterocycles. The van der Waals surface area contributed by atoms with Crippen molar-refractivity contribution < 1.29 is 4.79 Å². The largest absolute Gasteiger partial charge is 0.324 e. The third kappa shape index (κ3) is 2.74. The average molecular weight is 372 g/mol. The fourth-order valence-electron chi connectivity index (χ4n) is 4.67. The van der Waals surface area contributed by atoms with Crippen molar-refractivity contribution in [3.05, 3.63) is 77.9 Å². The molecule has 0 aliphatic carbocycles. The number of piperidine rings is 1. The normalized spacial score (nSPS) is 21.4. The average Bonchev–Trinajstić information content (AvgIpc) is 3.34. The lowest BCUT2D eigenvalue weighted by molar-refractivity contribution is 0.0960. The summed E-state index contributed by atoms with van der Waals surface area (Å²) in [4.78, 5) is 22.4. The Morgan fingerprint density at radius 2 is 1.96 bits per heavy atom. The van der Waals surface area contributed by atoms with Gasteiger partial charge in [-0.05, 0) is 62.8 Å². The minimum absolute atomic E-state index is 0.00355. The monoisotopic (exact) mass is 372 g/mol. The number of benzene rings is 1. The van der Waals surface area contributed by atoms with E-state index in [0.29, 0.717) is 11.6 Å². The molecule has 5 nitrogen and oxygen atoms in total. The summed E-state index contributed by atoms with van der Waals surface area (Å²) in [5, 5.41) is 0. The van der Waals surface area contributed by atoms with Crippen molar-refractivity contribution in [3.8, 4) is 5.69 Å². The number of carbonyl (C=O) groups excluding carboxylic acids is 1. The van der Waals surface area contributed by atoms with Gasteiger partial charge in [0.1, 0.15) is 5.69 Å². The van der Waals surface area contributed by atoms with Crippen molar-refractivity contribution >= 4 is 11.6 Å². The van der Waals surface area contributed by atoms with Gasteiger partial charge in [0.15, 0.2) is 0 Å². The van der Waals surface area contributed by atoms with Gasteiger partial charge in [-0.3, -0.25) is 9.78 Å². The van der Waals surface area contributed by atoms with Crippen LogP contribution in [0.5, 0.6) is 0 Å². The molecule has 2 aromatic heterocycles. The number of hydrogen-bond donors (Lipinski definition) is 0. The predicted molar refractivity (Wildman–Crippen MR) is 110 cm³/mol. The van der Waals surface area contributed by atoms with Crippen LogP contribution >= 0.6 is 0 Å². The Labute approximate surface area is 165 Å². The second-order valence-corrected chi connectivity index (χ2v) is 7.95. The van der Waals surface area contributed by atoms with Crippen molar-refractivity contribution in [2.45, 2.75) is 25.3 Å². The molecule has 0 unspecified atom stereocenters. The van der Waals surface area contributed by atoms with Crippen LogP contribution in [-0.2, 0) is 0 Å². The number of rotatable bonds is 2. The second kappa shape index (κ2) is 6.60. The molecule has 0 bridgehead atoms. The van der Waals surface area contributed by atoms with E-state index in [9.17, 15) is 4.79 Å². The Morgan fingerprint density at radius 1 is 1.14 bits per heavy atom. The first-order valence-electron chi connectivity index (χ1n) is 9.84. The molecule has 1 fully saturated rings. The zero-order chi connectivity index (χ0) is 19.3. The van der Waals surface area contributed by atoms with Crippen molar-refractivity contribution in [2.24, 2.45) is 0 Å². The Kier molecular flexibility index (Phi) is 4.05. The van der Waals surface area contributed by atoms with Crippen molar-refractivity contribution in [3.63, 3.8) is 0 Å². The zero-order valence-electron chi connectivity index (χ0n) is 16.2. The number of amides is 1. The fourth-order valence-corrected chi connectivity index (χ4v) is 4.67. The van der Waals surface area contributed by atoms with Crippen molar-refractivity contribution in [1.82, 2.24) is 14.5 Å². The molecule has 3 aromatic rings. The predicted octanol–water partition coefficient (Wildman–Crippen LogP) is 3.63. The summed E-state index contributed by atoms with van der Waals surface area (Å²) >= 11 is 0. The highest BCUT2D eigenvalue weighted by Crippen LogP contribution is 2.45. The van der Waals surface area contributed by atoms with Crippen LogP contribution in [0.25, 0.3) is 5.69 Å². The first-order valence-corrected chi connectivity index (χ1v) is 9.84. The topological polar surface area (TPSA) is 41.4 Å². The Bertz CT molecular complexity index is 1030. The number of aromatic nitrogens is 2. The van der Waals surface area contributed by atoms with Gasteiger partial charge in [-0.15, -0.1) is 0 Å². The molecule has 0 spiro atoms. The zero-order valence-corrected chi connectivity index (χ0v) is 16.2. The molecule has 0 saturated carbocycles. The van der Waals surface area contributed by atoms with Gasteiger partial charge in [0.05, 0.1) is 0 Å². The minimum atomic E-state index is -0.00355. The highest BCUT2D eigenvalue weighted by atomic mass is 16.2. The number of aryl methyl sites for hydroxylation is 1. The van der Waals surface area contributed by atoms with Gasteiger partial charge in [0.25, 0.3) is 5.91 Å². The highest BCUT2D eigenvalue weighted by Gasteiger charge is 2.44. The maximum Gasteiger partial charge on any atom is 0.277 e. The molecule has 5 heteroatoms. The van der Waals surface area contributed by atoms with Crippen LogP contribution in [0, 0.1) is 6.92 Å². The Hall–Kier alpha value is -2.92. The quantitative estimate of drug-likeness (QED) is 0.690. The number of anilines is 1. The number of pyridine rings is 1. The van der Waals surface area contributed by atoms with E-state index >= 15 is 0 Å². The van der Waals surface area contributed by atoms with E-state index in [1.807, 2.05) is 46.1 Å². The van der Waals surface area contributed by atoms with E-state index in [2.05, 4.69) is 42.1 Å². The van der Waals surface area contributed by atoms with Crippen LogP contribution in [0.15, 0.2) is 61.1 Å². The van der Waals surface area contributed by atoms with Crippen LogP contribution in [-0.4, -0.2) is 46.5 Å². The van der Waals surface area contributed by atoms with Gasteiger partial charge >= 0.3 is 0 Å². The van der Waals surface area contributed by atoms with E-state index in [0.717, 1.165) is 30.9 Å². The van der Waals surface area contributed by atoms with Gasteiger partial charge in [0, 0.05) is 48.5 Å². The maximum absolute atomic E-state index is 13.6. The molecule has 0 radical (unpaired) electrons. The summed E-state index contributed by atoms with van der Waals surface area (Å²) in [5.74, 6) is 0.362. The molecule has 0 N–H and O–H groups in total. The number of likely N-dealkylation sites (N-methyl/N-ethyl adjacent to an activating group) is 1. The Morgan fingerprint density at radius 3 is 2.79 bits per heavy atom. The van der Waals surface area contributed by atoms with Crippen LogP contribution in [0.3, 0.4) is 0 Å². The molecule has 1 aromatic carbocycles. The van der Waals surface area contributed by atoms with Crippen LogP contribution in [0.2, 0.25) is 0 Å². The lowest BCUT2D eigenvalue weighted by Gasteiger charge is -2.36. The van der Waals surface area contributed by atoms with Crippen LogP contribution in [0.1, 0.15) is 34.0 Å². The fraction of sp³-hybridized carbons (Fsp3) is 0.304. The summed E-state index contributed by atoms with van der Waals surface area (Å²) in [6.07, 6.45) is 6.66. The van der Waals surface area contributed by atoms with Crippen molar-refractivity contribution in [2.75, 3.05) is 25.0 Å². The number of carbonyl (C=O) groups is 1. The first-order chi connectivity index (χ1) is 13.6. The van der Waals surface area contributed by atoms with Crippen molar-refractivity contribution in [1.29, 1.82) is 0 Å². The van der Waals surface area contributed by atoms with Gasteiger partial charge in [-0.2, -0.15) is 0 Å². The van der Waals surface area contributed by atoms with E-state index in [1.165, 1.54) is 11.1 Å². The molecular weight excluding hydrogens is 348 g/mol. The molecule has 2 aliphatic rings. The highest BCUT2D eigenvalue weighted by molar-refractivity contribution is 6.07. The SMILES string of the molecule is Cc1ccc2c(c1)[C@@H]1CN(C)CC[C@H]1N2C(=O)c1cc(-n2cccc2)ccn1. The van der Waals surface area contributed by atoms with Gasteiger partial charge in [-0.1, -0.05) is 17.7 Å². The van der Waals surface area contributed by atoms with Gasteiger partial charge < -0.3 is 14.4 Å². The first kappa shape index (κ1) is 17.2. The molecule has 1 saturated heterocycles. The molecule has 5 rings (SSSR count). The summed E-state index contributed by atoms with van der Waals surface area (Å²) in [6, 6.07) is 14.4. The smallest absolute Gasteiger partial charge is 0.277 e. The van der Waals surface area contributed by atoms with E-state index in [-0.39, 0.29) is 11.9 Å². The minimum Gasteiger partial charge on any atom is -0.324 e. The number of nitrogens with zero attached hydrogens (tertiary/aromatic N) is 4. The third-order valence-corrected chi connectivity index (χ3v) is 6.04. The van der Waals surface area contributed by atoms with Crippen LogP contribution in [0.4, 0.5) is 5.69 Å². The third-order valence-electron chi connectivity index (χ3n) is 6.04. The molecule has 28 heavy (non-hydrogen) atoms. The van der Waals surface area contributed by atoms with E-state index in [4.69, 9.17) is 0 Å². The summed E-state index contributed by atoms with van der Waals surface area (Å²) in [5.41, 5.74) is 5.04. The number of fused-ring (bicyclic) bond motifs is 3. The summed E-state index contributed by atoms with van der Waals surface area (Å²) < 4.78 is 2.00. The van der Waals surface area contributed by atoms with E-state index < -0.39 is 0 Å². The molecule has 1 amide bonds. The summed E-state index contributed by atoms with van der Waals surface area (Å²) in [7, 11) is 2.16. The van der Waals surface area contributed by atoms with Gasteiger partial charge in [0.2, 0.25) is 0 Å². The standard InChI is InChI=1S/C23H24N4O/c1-16-5-6-21-18(13-16)19-15-25(2)12-8-22(19)27(21)23(28)20-14-17(7-9-24-20)26-10-3-4-11-26/h3-7,9-11,13-14,19,22H,8,12,15H2,1-2H3/t19-,22+/m0/s1. The number of likely N-dealkylation sites (tertiary alicyclic amines) is 1. The Balaban J connectivity index is 1.55. The van der Waals surface area contributed by atoms with E-state index in [1.54, 1.807) is 6.20 Å². The molecular formula is C23H24N4O. The van der Waals surface area contributed by atoms with Gasteiger partial charge in [-0.25, -0.2) is 0 Å². The second-order valence-electron chi connectivity index (χ2n) is 7.95. The number of hydrogen-bond acceptors (Lipinski definition) is 3. The molecule has 2 aliphatic heterocycles. The summed E-state index contributed by atoms with van der Waals surface area (Å²) in [6.45, 7) is 4.12. The maximum atomic E-state index is 13.6. The molecule has 2 atom stereocenters. The lowest BCUT2D eigenvalue weighted by Crippen LogP contribution is -2.47. The van der Waals surface area contributed by atoms with Crippen LogP contribution < -0.4 is 4.90 Å². The molecule has 142 valence electrons.